The Morgan fingerprint density at radius 3 is 2.75 bits per heavy atom. The maximum absolute atomic E-state index is 12.8. The number of methoxy groups -OCH3 is 1. The number of nitrogens with two attached hydrogens (primary N) is 1. The quantitative estimate of drug-likeness (QED) is 0.805. The molecule has 2 rings (SSSR count). The van der Waals surface area contributed by atoms with Gasteiger partial charge in [0.05, 0.1) is 13.2 Å². The molecule has 130 valence electrons. The molecule has 0 aliphatic carbocycles. The summed E-state index contributed by atoms with van der Waals surface area (Å²) in [7, 11) is 1.32. The van der Waals surface area contributed by atoms with Crippen LogP contribution < -0.4 is 11.1 Å². The highest BCUT2D eigenvalue weighted by Gasteiger charge is 2.33. The lowest BCUT2D eigenvalue weighted by atomic mass is 10.0. The van der Waals surface area contributed by atoms with Crippen LogP contribution in [-0.2, 0) is 14.3 Å². The van der Waals surface area contributed by atoms with Crippen molar-refractivity contribution in [2.45, 2.75) is 38.3 Å². The number of amides is 2. The van der Waals surface area contributed by atoms with Crippen molar-refractivity contribution in [1.82, 2.24) is 4.90 Å². The summed E-state index contributed by atoms with van der Waals surface area (Å²) in [6, 6.07) is 5.42. The molecule has 0 saturated carbocycles. The van der Waals surface area contributed by atoms with E-state index in [2.05, 4.69) is 5.32 Å². The molecule has 0 bridgehead atoms. The minimum absolute atomic E-state index is 0.248. The zero-order valence-electron chi connectivity index (χ0n) is 14.0. The highest BCUT2D eigenvalue weighted by molar-refractivity contribution is 5.99. The Morgan fingerprint density at radius 2 is 2.08 bits per heavy atom. The number of rotatable bonds is 4. The maximum Gasteiger partial charge on any atom is 0.328 e. The van der Waals surface area contributed by atoms with Gasteiger partial charge in [-0.3, -0.25) is 9.59 Å². The Morgan fingerprint density at radius 1 is 1.33 bits per heavy atom. The first-order valence-electron chi connectivity index (χ1n) is 7.99. The molecular formula is C17H23N3O4. The summed E-state index contributed by atoms with van der Waals surface area (Å²) in [6.45, 7) is 2.09. The number of nitrogens with one attached hydrogen (secondary N) is 1. The summed E-state index contributed by atoms with van der Waals surface area (Å²) in [5.74, 6) is -0.975. The highest BCUT2D eigenvalue weighted by Crippen LogP contribution is 2.22. The van der Waals surface area contributed by atoms with Gasteiger partial charge in [-0.2, -0.15) is 0 Å². The van der Waals surface area contributed by atoms with Crippen LogP contribution in [-0.4, -0.2) is 48.4 Å². The molecule has 1 fully saturated rings. The van der Waals surface area contributed by atoms with Crippen LogP contribution in [0.5, 0.6) is 0 Å². The number of likely N-dealkylation sites (tertiary alicyclic amines) is 1. The number of anilines is 1. The van der Waals surface area contributed by atoms with Crippen molar-refractivity contribution in [1.29, 1.82) is 0 Å². The largest absolute Gasteiger partial charge is 0.467 e. The number of nitrogens with zero attached hydrogens (tertiary/aromatic N) is 1. The van der Waals surface area contributed by atoms with Crippen LogP contribution in [0.25, 0.3) is 0 Å². The number of hydrogen-bond acceptors (Lipinski definition) is 5. The van der Waals surface area contributed by atoms with E-state index in [4.69, 9.17) is 10.5 Å². The highest BCUT2D eigenvalue weighted by atomic mass is 16.5. The molecular weight excluding hydrogens is 310 g/mol. The van der Waals surface area contributed by atoms with E-state index >= 15 is 0 Å². The predicted octanol–water partition coefficient (Wildman–Crippen LogP) is 1.14. The standard InChI is InChI=1S/C17H23N3O4/c1-11(18)15(21)19-13-7-5-6-12(10-13)16(22)20-9-4-3-8-14(20)17(23)24-2/h5-7,10-11,14H,3-4,8-9,18H2,1-2H3,(H,19,21)/t11-,14?/m1/s1. The first kappa shape index (κ1) is 17.9. The lowest BCUT2D eigenvalue weighted by molar-refractivity contribution is -0.147. The van der Waals surface area contributed by atoms with E-state index < -0.39 is 18.1 Å². The minimum atomic E-state index is -0.643. The molecule has 0 radical (unpaired) electrons. The van der Waals surface area contributed by atoms with Crippen LogP contribution in [0.2, 0.25) is 0 Å². The van der Waals surface area contributed by atoms with E-state index in [1.165, 1.54) is 7.11 Å². The molecule has 0 spiro atoms. The van der Waals surface area contributed by atoms with Crippen molar-refractivity contribution in [3.63, 3.8) is 0 Å². The second-order valence-electron chi connectivity index (χ2n) is 5.89. The van der Waals surface area contributed by atoms with Crippen LogP contribution in [0, 0.1) is 0 Å². The van der Waals surface area contributed by atoms with Crippen LogP contribution in [0.3, 0.4) is 0 Å². The Balaban J connectivity index is 2.19. The third kappa shape index (κ3) is 4.11. The topological polar surface area (TPSA) is 102 Å². The molecule has 1 saturated heterocycles. The molecule has 1 unspecified atom stereocenters. The zero-order valence-corrected chi connectivity index (χ0v) is 14.0. The Bertz CT molecular complexity index is 630. The SMILES string of the molecule is COC(=O)C1CCCCN1C(=O)c1cccc(NC(=O)[C@@H](C)N)c1. The molecule has 7 heteroatoms. The van der Waals surface area contributed by atoms with Crippen LogP contribution in [0.15, 0.2) is 24.3 Å². The number of esters is 1. The first-order chi connectivity index (χ1) is 11.4. The number of piperidine rings is 1. The van der Waals surface area contributed by atoms with Gasteiger partial charge in [0.2, 0.25) is 5.91 Å². The van der Waals surface area contributed by atoms with Gasteiger partial charge in [-0.05, 0) is 44.4 Å². The fraction of sp³-hybridized carbons (Fsp3) is 0.471. The van der Waals surface area contributed by atoms with E-state index in [0.717, 1.165) is 12.8 Å². The molecule has 1 aliphatic rings. The van der Waals surface area contributed by atoms with Gasteiger partial charge in [0.15, 0.2) is 0 Å². The third-order valence-electron chi connectivity index (χ3n) is 4.03. The zero-order chi connectivity index (χ0) is 17.7. The first-order valence-corrected chi connectivity index (χ1v) is 7.99. The van der Waals surface area contributed by atoms with E-state index in [-0.39, 0.29) is 11.8 Å². The van der Waals surface area contributed by atoms with Crippen molar-refractivity contribution in [3.8, 4) is 0 Å². The van der Waals surface area contributed by atoms with Crippen molar-refractivity contribution in [2.75, 3.05) is 19.0 Å². The molecule has 24 heavy (non-hydrogen) atoms. The van der Waals surface area contributed by atoms with E-state index in [1.54, 1.807) is 36.1 Å². The maximum atomic E-state index is 12.8. The third-order valence-corrected chi connectivity index (χ3v) is 4.03. The fourth-order valence-corrected chi connectivity index (χ4v) is 2.71. The number of benzene rings is 1. The van der Waals surface area contributed by atoms with Crippen molar-refractivity contribution < 1.29 is 19.1 Å². The van der Waals surface area contributed by atoms with Crippen LogP contribution in [0.4, 0.5) is 5.69 Å². The molecule has 1 heterocycles. The summed E-state index contributed by atoms with van der Waals surface area (Å²) in [5, 5.41) is 2.66. The van der Waals surface area contributed by atoms with Crippen molar-refractivity contribution >= 4 is 23.5 Å². The Kier molecular flexibility index (Phi) is 5.92. The van der Waals surface area contributed by atoms with Gasteiger partial charge in [0.25, 0.3) is 5.91 Å². The predicted molar refractivity (Wildman–Crippen MR) is 89.4 cm³/mol. The van der Waals surface area contributed by atoms with Gasteiger partial charge in [-0.15, -0.1) is 0 Å². The second kappa shape index (κ2) is 7.92. The molecule has 2 atom stereocenters. The van der Waals surface area contributed by atoms with Gasteiger partial charge in [-0.25, -0.2) is 4.79 Å². The molecule has 1 aromatic rings. The fourth-order valence-electron chi connectivity index (χ4n) is 2.71. The average Bonchev–Trinajstić information content (AvgIpc) is 2.60. The lowest BCUT2D eigenvalue weighted by Gasteiger charge is -2.33. The van der Waals surface area contributed by atoms with E-state index in [1.807, 2.05) is 0 Å². The summed E-state index contributed by atoms with van der Waals surface area (Å²) in [4.78, 5) is 37.9. The minimum Gasteiger partial charge on any atom is -0.467 e. The van der Waals surface area contributed by atoms with E-state index in [9.17, 15) is 14.4 Å². The van der Waals surface area contributed by atoms with Gasteiger partial charge >= 0.3 is 5.97 Å². The van der Waals surface area contributed by atoms with Crippen molar-refractivity contribution in [3.05, 3.63) is 29.8 Å². The molecule has 7 nitrogen and oxygen atoms in total. The summed E-state index contributed by atoms with van der Waals surface area (Å²) in [5.41, 5.74) is 6.43. The monoisotopic (exact) mass is 333 g/mol. The summed E-state index contributed by atoms with van der Waals surface area (Å²) >= 11 is 0. The number of hydrogen-bond donors (Lipinski definition) is 2. The Hall–Kier alpha value is -2.41. The molecule has 1 aromatic carbocycles. The molecule has 3 N–H and O–H groups in total. The average molecular weight is 333 g/mol. The van der Waals surface area contributed by atoms with Gasteiger partial charge in [-0.1, -0.05) is 6.07 Å². The van der Waals surface area contributed by atoms with Crippen molar-refractivity contribution in [2.24, 2.45) is 5.73 Å². The van der Waals surface area contributed by atoms with Crippen LogP contribution in [0.1, 0.15) is 36.5 Å². The smallest absolute Gasteiger partial charge is 0.328 e. The number of carbonyl (C=O) groups excluding carboxylic acids is 3. The normalized spacial score (nSPS) is 18.6. The summed E-state index contributed by atoms with van der Waals surface area (Å²) in [6.07, 6.45) is 2.33. The molecule has 2 amide bonds. The lowest BCUT2D eigenvalue weighted by Crippen LogP contribution is -2.48. The Labute approximate surface area is 141 Å². The molecule has 1 aliphatic heterocycles. The van der Waals surface area contributed by atoms with Gasteiger partial charge in [0, 0.05) is 17.8 Å². The van der Waals surface area contributed by atoms with Gasteiger partial charge in [0.1, 0.15) is 6.04 Å². The van der Waals surface area contributed by atoms with Gasteiger partial charge < -0.3 is 20.7 Å². The van der Waals surface area contributed by atoms with Crippen LogP contribution >= 0.6 is 0 Å². The summed E-state index contributed by atoms with van der Waals surface area (Å²) < 4.78 is 4.80. The van der Waals surface area contributed by atoms with E-state index in [0.29, 0.717) is 24.2 Å². The molecule has 0 aromatic heterocycles. The number of ether oxygens (including phenoxy) is 1. The second-order valence-corrected chi connectivity index (χ2v) is 5.89. The number of carbonyl (C=O) groups is 3.